The van der Waals surface area contributed by atoms with Gasteiger partial charge in [0, 0.05) is 36.1 Å². The third kappa shape index (κ3) is 4.68. The van der Waals surface area contributed by atoms with E-state index in [9.17, 15) is 4.79 Å². The largest absolute Gasteiger partial charge is 1.00 e. The van der Waals surface area contributed by atoms with Gasteiger partial charge in [-0.05, 0) is 31.0 Å². The zero-order valence-corrected chi connectivity index (χ0v) is 15.2. The van der Waals surface area contributed by atoms with Crippen LogP contribution in [0.1, 0.15) is 18.4 Å². The fourth-order valence-electron chi connectivity index (χ4n) is 2.56. The first kappa shape index (κ1) is 18.2. The van der Waals surface area contributed by atoms with Gasteiger partial charge in [0.1, 0.15) is 17.9 Å². The van der Waals surface area contributed by atoms with Gasteiger partial charge in [-0.3, -0.25) is 0 Å². The Morgan fingerprint density at radius 1 is 1.08 bits per heavy atom. The van der Waals surface area contributed by atoms with Crippen LogP contribution in [0.2, 0.25) is 0 Å². The molecule has 0 aliphatic heterocycles. The van der Waals surface area contributed by atoms with Crippen molar-refractivity contribution in [3.63, 3.8) is 0 Å². The van der Waals surface area contributed by atoms with Crippen LogP contribution in [0.4, 0.5) is 0 Å². The smallest absolute Gasteiger partial charge is 0.336 e. The number of ether oxygens (including phenoxy) is 1. The van der Waals surface area contributed by atoms with Gasteiger partial charge in [0.2, 0.25) is 0 Å². The van der Waals surface area contributed by atoms with Gasteiger partial charge in [0.15, 0.2) is 12.4 Å². The Balaban J connectivity index is 0.00000208. The highest BCUT2D eigenvalue weighted by atomic mass is 79.9. The average molecular weight is 390 g/mol. The van der Waals surface area contributed by atoms with Crippen LogP contribution in [-0.4, -0.2) is 6.61 Å². The monoisotopic (exact) mass is 389 g/mol. The van der Waals surface area contributed by atoms with Gasteiger partial charge in [-0.25, -0.2) is 9.36 Å². The standard InChI is InChI=1S/C19H20NO3.BrH/c1-15-13-19(21)23-18-14-16(7-8-17(15)18)22-12-6-5-11-20-9-3-2-4-10-20;/h2-4,7-10,13-14H,5-6,11-12H2,1H3;1H/q+1;/p-1. The molecule has 0 N–H and O–H groups in total. The highest BCUT2D eigenvalue weighted by Crippen LogP contribution is 2.22. The van der Waals surface area contributed by atoms with Crippen molar-refractivity contribution >= 4 is 11.0 Å². The molecule has 3 aromatic rings. The minimum atomic E-state index is -0.327. The second-order valence-corrected chi connectivity index (χ2v) is 5.58. The van der Waals surface area contributed by atoms with Gasteiger partial charge in [-0.1, -0.05) is 6.07 Å². The van der Waals surface area contributed by atoms with Crippen molar-refractivity contribution in [3.05, 3.63) is 70.8 Å². The first-order chi connectivity index (χ1) is 11.2. The summed E-state index contributed by atoms with van der Waals surface area (Å²) in [5.41, 5.74) is 1.17. The topological polar surface area (TPSA) is 43.3 Å². The van der Waals surface area contributed by atoms with E-state index < -0.39 is 0 Å². The summed E-state index contributed by atoms with van der Waals surface area (Å²) in [7, 11) is 0. The third-order valence-electron chi connectivity index (χ3n) is 3.78. The number of rotatable bonds is 6. The first-order valence-corrected chi connectivity index (χ1v) is 7.84. The quantitative estimate of drug-likeness (QED) is 0.345. The van der Waals surface area contributed by atoms with Crippen LogP contribution in [0, 0.1) is 6.92 Å². The number of aryl methyl sites for hydroxylation is 2. The van der Waals surface area contributed by atoms with E-state index in [4.69, 9.17) is 9.15 Å². The molecule has 126 valence electrons. The summed E-state index contributed by atoms with van der Waals surface area (Å²) in [6.07, 6.45) is 6.15. The molecule has 1 aromatic carbocycles. The minimum absolute atomic E-state index is 0. The van der Waals surface area contributed by atoms with Crippen molar-refractivity contribution in [3.8, 4) is 5.75 Å². The summed E-state index contributed by atoms with van der Waals surface area (Å²) >= 11 is 0. The number of benzene rings is 1. The number of hydrogen-bond donors (Lipinski definition) is 0. The Morgan fingerprint density at radius 3 is 2.67 bits per heavy atom. The second-order valence-electron chi connectivity index (χ2n) is 5.58. The van der Waals surface area contributed by atoms with Gasteiger partial charge in [-0.15, -0.1) is 0 Å². The van der Waals surface area contributed by atoms with Crippen molar-refractivity contribution in [1.29, 1.82) is 0 Å². The molecule has 0 unspecified atom stereocenters. The zero-order chi connectivity index (χ0) is 16.1. The zero-order valence-electron chi connectivity index (χ0n) is 13.6. The molecule has 0 spiro atoms. The molecule has 0 fully saturated rings. The summed E-state index contributed by atoms with van der Waals surface area (Å²) in [6, 6.07) is 13.2. The van der Waals surface area contributed by atoms with Crippen LogP contribution in [-0.2, 0) is 6.54 Å². The van der Waals surface area contributed by atoms with Crippen molar-refractivity contribution in [1.82, 2.24) is 0 Å². The molecule has 0 radical (unpaired) electrons. The highest BCUT2D eigenvalue weighted by Gasteiger charge is 2.04. The Bertz CT molecular complexity index is 846. The molecular weight excluding hydrogens is 370 g/mol. The van der Waals surface area contributed by atoms with Crippen LogP contribution >= 0.6 is 0 Å². The summed E-state index contributed by atoms with van der Waals surface area (Å²) in [5, 5.41) is 0.942. The van der Waals surface area contributed by atoms with Crippen molar-refractivity contribution in [2.24, 2.45) is 0 Å². The van der Waals surface area contributed by atoms with E-state index in [1.807, 2.05) is 37.3 Å². The Hall–Kier alpha value is -2.14. The predicted octanol–water partition coefficient (Wildman–Crippen LogP) is 0.252. The van der Waals surface area contributed by atoms with E-state index in [0.29, 0.717) is 12.2 Å². The molecule has 0 saturated heterocycles. The normalized spacial score (nSPS) is 10.4. The molecule has 4 nitrogen and oxygen atoms in total. The SMILES string of the molecule is Cc1cc(=O)oc2cc(OCCCC[n+]3ccccc3)ccc12.[Br-]. The molecule has 5 heteroatoms. The molecule has 0 amide bonds. The molecule has 24 heavy (non-hydrogen) atoms. The van der Waals surface area contributed by atoms with Gasteiger partial charge in [0.25, 0.3) is 0 Å². The Labute approximate surface area is 151 Å². The van der Waals surface area contributed by atoms with E-state index in [0.717, 1.165) is 36.1 Å². The van der Waals surface area contributed by atoms with Crippen molar-refractivity contribution < 1.29 is 30.7 Å². The van der Waals surface area contributed by atoms with Crippen LogP contribution in [0.3, 0.4) is 0 Å². The van der Waals surface area contributed by atoms with Crippen LogP contribution < -0.4 is 31.9 Å². The lowest BCUT2D eigenvalue weighted by molar-refractivity contribution is -0.697. The average Bonchev–Trinajstić information content (AvgIpc) is 2.55. The number of hydrogen-bond acceptors (Lipinski definition) is 3. The molecule has 3 rings (SSSR count). The lowest BCUT2D eigenvalue weighted by Gasteiger charge is -2.07. The lowest BCUT2D eigenvalue weighted by Crippen LogP contribution is -3.00. The maximum atomic E-state index is 11.4. The van der Waals surface area contributed by atoms with E-state index in [1.165, 1.54) is 6.07 Å². The van der Waals surface area contributed by atoms with Crippen molar-refractivity contribution in [2.45, 2.75) is 26.3 Å². The van der Waals surface area contributed by atoms with Gasteiger partial charge in [0.05, 0.1) is 6.61 Å². The first-order valence-electron chi connectivity index (χ1n) is 7.84. The third-order valence-corrected chi connectivity index (χ3v) is 3.78. The van der Waals surface area contributed by atoms with E-state index >= 15 is 0 Å². The molecule has 2 aromatic heterocycles. The van der Waals surface area contributed by atoms with Gasteiger partial charge < -0.3 is 26.1 Å². The van der Waals surface area contributed by atoms with Gasteiger partial charge in [-0.2, -0.15) is 0 Å². The van der Waals surface area contributed by atoms with E-state index in [-0.39, 0.29) is 22.6 Å². The number of unbranched alkanes of at least 4 members (excludes halogenated alkanes) is 1. The number of pyridine rings is 1. The van der Waals surface area contributed by atoms with Crippen LogP contribution in [0.5, 0.6) is 5.75 Å². The minimum Gasteiger partial charge on any atom is -1.00 e. The number of nitrogens with zero attached hydrogens (tertiary/aromatic N) is 1. The number of aromatic nitrogens is 1. The fraction of sp³-hybridized carbons (Fsp3) is 0.263. The summed E-state index contributed by atoms with van der Waals surface area (Å²) < 4.78 is 13.2. The maximum absolute atomic E-state index is 11.4. The lowest BCUT2D eigenvalue weighted by atomic mass is 10.1. The maximum Gasteiger partial charge on any atom is 0.336 e. The van der Waals surface area contributed by atoms with E-state index in [1.54, 1.807) is 6.07 Å². The fourth-order valence-corrected chi connectivity index (χ4v) is 2.56. The molecule has 2 heterocycles. The van der Waals surface area contributed by atoms with Gasteiger partial charge >= 0.3 is 5.63 Å². The van der Waals surface area contributed by atoms with E-state index in [2.05, 4.69) is 17.0 Å². The van der Waals surface area contributed by atoms with Crippen LogP contribution in [0.25, 0.3) is 11.0 Å². The molecule has 0 atom stereocenters. The molecule has 0 bridgehead atoms. The molecular formula is C19H20BrNO3. The summed E-state index contributed by atoms with van der Waals surface area (Å²) in [5.74, 6) is 0.735. The Morgan fingerprint density at radius 2 is 1.88 bits per heavy atom. The predicted molar refractivity (Wildman–Crippen MR) is 88.6 cm³/mol. The number of halogens is 1. The summed E-state index contributed by atoms with van der Waals surface area (Å²) in [4.78, 5) is 11.4. The number of fused-ring (bicyclic) bond motifs is 1. The van der Waals surface area contributed by atoms with Crippen molar-refractivity contribution in [2.75, 3.05) is 6.61 Å². The Kier molecular flexibility index (Phi) is 6.55. The second kappa shape index (κ2) is 8.64. The molecule has 0 aliphatic rings. The molecule has 0 aliphatic carbocycles. The van der Waals surface area contributed by atoms with Crippen LogP contribution in [0.15, 0.2) is 64.1 Å². The molecule has 0 saturated carbocycles. The highest BCUT2D eigenvalue weighted by molar-refractivity contribution is 5.81. The summed E-state index contributed by atoms with van der Waals surface area (Å²) in [6.45, 7) is 3.53.